The quantitative estimate of drug-likeness (QED) is 0.322. The molecule has 1 unspecified atom stereocenters. The number of guanidine groups is 1. The molecule has 0 aromatic heterocycles. The van der Waals surface area contributed by atoms with Gasteiger partial charge in [0.15, 0.2) is 15.8 Å². The van der Waals surface area contributed by atoms with E-state index >= 15 is 0 Å². The molecular weight excluding hydrogens is 374 g/mol. The van der Waals surface area contributed by atoms with Crippen LogP contribution in [0, 0.1) is 0 Å². The number of sulfone groups is 1. The van der Waals surface area contributed by atoms with Crippen LogP contribution in [0.5, 0.6) is 0 Å². The fourth-order valence-electron chi connectivity index (χ4n) is 2.70. The van der Waals surface area contributed by atoms with Gasteiger partial charge in [0.05, 0.1) is 16.8 Å². The van der Waals surface area contributed by atoms with Crippen molar-refractivity contribution in [3.8, 4) is 0 Å². The second kappa shape index (κ2) is 11.5. The third kappa shape index (κ3) is 7.32. The molecule has 2 rings (SSSR count). The summed E-state index contributed by atoms with van der Waals surface area (Å²) in [6, 6.07) is 18.0. The molecule has 0 bridgehead atoms. The zero-order valence-electron chi connectivity index (χ0n) is 16.2. The molecule has 0 radical (unpaired) electrons. The van der Waals surface area contributed by atoms with Crippen LogP contribution < -0.4 is 10.6 Å². The molecule has 2 aromatic carbocycles. The monoisotopic (exact) mass is 403 g/mol. The minimum absolute atomic E-state index is 0.0621. The van der Waals surface area contributed by atoms with E-state index in [1.54, 1.807) is 30.3 Å². The first-order chi connectivity index (χ1) is 13.5. The summed E-state index contributed by atoms with van der Waals surface area (Å²) in [4.78, 5) is 4.77. The molecule has 1 atom stereocenters. The zero-order valence-corrected chi connectivity index (χ0v) is 17.0. The van der Waals surface area contributed by atoms with Crippen LogP contribution in [-0.4, -0.2) is 44.9 Å². The second-order valence-electron chi connectivity index (χ2n) is 6.39. The van der Waals surface area contributed by atoms with E-state index in [4.69, 9.17) is 0 Å². The van der Waals surface area contributed by atoms with Crippen LogP contribution in [-0.2, 0) is 9.84 Å². The molecule has 0 spiro atoms. The highest BCUT2D eigenvalue weighted by molar-refractivity contribution is 7.91. The molecule has 0 aliphatic rings. The van der Waals surface area contributed by atoms with E-state index < -0.39 is 15.9 Å². The Balaban J connectivity index is 1.78. The third-order valence-corrected chi connectivity index (χ3v) is 6.00. The van der Waals surface area contributed by atoms with Crippen LogP contribution in [0.1, 0.15) is 31.4 Å². The summed E-state index contributed by atoms with van der Waals surface area (Å²) in [7, 11) is -3.27. The zero-order chi connectivity index (χ0) is 20.2. The molecule has 0 saturated carbocycles. The SMILES string of the molecule is CCNC(=NCCCS(=O)(=O)c1ccccc1)NCCC(O)c1ccccc1. The standard InChI is InChI=1S/C21H29N3O3S/c1-2-22-21(24-16-14-20(25)18-10-5-3-6-11-18)23-15-9-17-28(26,27)19-12-7-4-8-13-19/h3-8,10-13,20,25H,2,9,14-17H2,1H3,(H2,22,23,24). The number of nitrogens with zero attached hydrogens (tertiary/aromatic N) is 1. The second-order valence-corrected chi connectivity index (χ2v) is 8.50. The first kappa shape index (κ1) is 21.9. The van der Waals surface area contributed by atoms with Crippen molar-refractivity contribution in [1.29, 1.82) is 0 Å². The largest absolute Gasteiger partial charge is 0.388 e. The van der Waals surface area contributed by atoms with E-state index in [2.05, 4.69) is 15.6 Å². The van der Waals surface area contributed by atoms with Crippen molar-refractivity contribution in [1.82, 2.24) is 10.6 Å². The number of hydrogen-bond donors (Lipinski definition) is 3. The Kier molecular flexibility index (Phi) is 8.97. The maximum Gasteiger partial charge on any atom is 0.191 e. The number of rotatable bonds is 10. The third-order valence-electron chi connectivity index (χ3n) is 4.18. The average Bonchev–Trinajstić information content (AvgIpc) is 2.72. The maximum atomic E-state index is 12.3. The predicted octanol–water partition coefficient (Wildman–Crippen LogP) is 2.53. The summed E-state index contributed by atoms with van der Waals surface area (Å²) in [5.74, 6) is 0.687. The van der Waals surface area contributed by atoms with Gasteiger partial charge in [0.1, 0.15) is 0 Å². The summed E-state index contributed by atoms with van der Waals surface area (Å²) >= 11 is 0. The van der Waals surface area contributed by atoms with E-state index in [0.29, 0.717) is 43.3 Å². The maximum absolute atomic E-state index is 12.3. The highest BCUT2D eigenvalue weighted by atomic mass is 32.2. The molecule has 3 N–H and O–H groups in total. The van der Waals surface area contributed by atoms with Crippen molar-refractivity contribution in [2.45, 2.75) is 30.8 Å². The van der Waals surface area contributed by atoms with E-state index in [0.717, 1.165) is 5.56 Å². The van der Waals surface area contributed by atoms with Crippen molar-refractivity contribution >= 4 is 15.8 Å². The Labute approximate surface area is 167 Å². The Hall–Kier alpha value is -2.38. The van der Waals surface area contributed by atoms with E-state index in [1.165, 1.54) is 0 Å². The van der Waals surface area contributed by atoms with Gasteiger partial charge in [0, 0.05) is 19.6 Å². The first-order valence-corrected chi connectivity index (χ1v) is 11.2. The summed E-state index contributed by atoms with van der Waals surface area (Å²) in [6.07, 6.45) is 0.463. The van der Waals surface area contributed by atoms with Crippen molar-refractivity contribution in [2.75, 3.05) is 25.4 Å². The van der Waals surface area contributed by atoms with Crippen molar-refractivity contribution in [3.05, 3.63) is 66.2 Å². The lowest BCUT2D eigenvalue weighted by Crippen LogP contribution is -2.38. The molecule has 0 heterocycles. The lowest BCUT2D eigenvalue weighted by molar-refractivity contribution is 0.168. The van der Waals surface area contributed by atoms with Gasteiger partial charge in [-0.25, -0.2) is 8.42 Å². The fourth-order valence-corrected chi connectivity index (χ4v) is 4.02. The average molecular weight is 404 g/mol. The fraction of sp³-hybridized carbons (Fsp3) is 0.381. The molecule has 0 saturated heterocycles. The van der Waals surface area contributed by atoms with Crippen molar-refractivity contribution in [2.24, 2.45) is 4.99 Å². The summed E-state index contributed by atoms with van der Waals surface area (Å²) in [6.45, 7) is 3.64. The lowest BCUT2D eigenvalue weighted by Gasteiger charge is -2.14. The molecule has 152 valence electrons. The van der Waals surface area contributed by atoms with E-state index in [-0.39, 0.29) is 5.75 Å². The van der Waals surface area contributed by atoms with Gasteiger partial charge in [-0.15, -0.1) is 0 Å². The van der Waals surface area contributed by atoms with Gasteiger partial charge >= 0.3 is 0 Å². The Morgan fingerprint density at radius 3 is 2.32 bits per heavy atom. The van der Waals surface area contributed by atoms with Crippen LogP contribution in [0.2, 0.25) is 0 Å². The molecule has 6 nitrogen and oxygen atoms in total. The molecule has 28 heavy (non-hydrogen) atoms. The van der Waals surface area contributed by atoms with Crippen LogP contribution in [0.15, 0.2) is 70.6 Å². The molecule has 2 aromatic rings. The Morgan fingerprint density at radius 2 is 1.68 bits per heavy atom. The van der Waals surface area contributed by atoms with Crippen LogP contribution >= 0.6 is 0 Å². The smallest absolute Gasteiger partial charge is 0.191 e. The minimum atomic E-state index is -3.27. The van der Waals surface area contributed by atoms with E-state index in [9.17, 15) is 13.5 Å². The van der Waals surface area contributed by atoms with Crippen LogP contribution in [0.25, 0.3) is 0 Å². The molecule has 0 aliphatic heterocycles. The summed E-state index contributed by atoms with van der Waals surface area (Å²) < 4.78 is 24.6. The highest BCUT2D eigenvalue weighted by Gasteiger charge is 2.13. The van der Waals surface area contributed by atoms with Gasteiger partial charge in [-0.3, -0.25) is 4.99 Å². The number of aliphatic hydroxyl groups excluding tert-OH is 1. The van der Waals surface area contributed by atoms with Crippen molar-refractivity contribution < 1.29 is 13.5 Å². The molecule has 0 amide bonds. The normalized spacial score (nSPS) is 13.1. The van der Waals surface area contributed by atoms with Gasteiger partial charge in [-0.05, 0) is 37.5 Å². The molecular formula is C21H29N3O3S. The number of benzene rings is 2. The minimum Gasteiger partial charge on any atom is -0.388 e. The number of aliphatic hydroxyl groups is 1. The number of hydrogen-bond acceptors (Lipinski definition) is 4. The lowest BCUT2D eigenvalue weighted by atomic mass is 10.1. The van der Waals surface area contributed by atoms with Gasteiger partial charge in [0.2, 0.25) is 0 Å². The van der Waals surface area contributed by atoms with Crippen molar-refractivity contribution in [3.63, 3.8) is 0 Å². The molecule has 0 fully saturated rings. The van der Waals surface area contributed by atoms with Gasteiger partial charge < -0.3 is 15.7 Å². The van der Waals surface area contributed by atoms with E-state index in [1.807, 2.05) is 37.3 Å². The summed E-state index contributed by atoms with van der Waals surface area (Å²) in [5, 5.41) is 16.5. The van der Waals surface area contributed by atoms with Gasteiger partial charge in [-0.1, -0.05) is 48.5 Å². The predicted molar refractivity (Wildman–Crippen MR) is 113 cm³/mol. The Morgan fingerprint density at radius 1 is 1.04 bits per heavy atom. The first-order valence-electron chi connectivity index (χ1n) is 9.56. The topological polar surface area (TPSA) is 90.8 Å². The van der Waals surface area contributed by atoms with Gasteiger partial charge in [-0.2, -0.15) is 0 Å². The molecule has 0 aliphatic carbocycles. The molecule has 7 heteroatoms. The highest BCUT2D eigenvalue weighted by Crippen LogP contribution is 2.15. The van der Waals surface area contributed by atoms with Gasteiger partial charge in [0.25, 0.3) is 0 Å². The Bertz CT molecular complexity index is 824. The number of aliphatic imine (C=N–C) groups is 1. The van der Waals surface area contributed by atoms with Crippen LogP contribution in [0.3, 0.4) is 0 Å². The number of nitrogens with one attached hydrogen (secondary N) is 2. The summed E-state index contributed by atoms with van der Waals surface area (Å²) in [5.41, 5.74) is 0.886. The van der Waals surface area contributed by atoms with Crippen LogP contribution in [0.4, 0.5) is 0 Å².